The number of aliphatic hydroxyl groups excluding tert-OH is 2. The lowest BCUT2D eigenvalue weighted by atomic mass is 10.2. The maximum atomic E-state index is 8.42. The molecule has 0 atom stereocenters. The van der Waals surface area contributed by atoms with Crippen molar-refractivity contribution >= 4 is 0 Å². The van der Waals surface area contributed by atoms with Gasteiger partial charge >= 0.3 is 0 Å². The van der Waals surface area contributed by atoms with Crippen LogP contribution < -0.4 is 0 Å². The molecular weight excluding hydrogens is 104 g/mol. The van der Waals surface area contributed by atoms with Crippen LogP contribution in [0.3, 0.4) is 0 Å². The monoisotopic (exact) mass is 113 g/mol. The Morgan fingerprint density at radius 2 is 1.88 bits per heavy atom. The smallest absolute Gasteiger partial charge is 0.0893 e. The Balaban J connectivity index is 3.18. The van der Waals surface area contributed by atoms with Crippen molar-refractivity contribution in [3.63, 3.8) is 0 Å². The third-order valence-corrected chi connectivity index (χ3v) is 0.573. The maximum Gasteiger partial charge on any atom is 0.0893 e. The summed E-state index contributed by atoms with van der Waals surface area (Å²) < 4.78 is 0. The maximum absolute atomic E-state index is 8.42. The van der Waals surface area contributed by atoms with Crippen molar-refractivity contribution in [3.8, 4) is 0 Å². The predicted octanol–water partition coefficient (Wildman–Crippen LogP) is 1.72. The van der Waals surface area contributed by atoms with Crippen LogP contribution in [0.5, 0.6) is 0 Å². The van der Waals surface area contributed by atoms with Gasteiger partial charge in [-0.1, -0.05) is 13.2 Å². The Bertz CT molecular complexity index is 91.1. The first-order valence-electron chi connectivity index (χ1n) is 2.20. The van der Waals surface area contributed by atoms with Crippen LogP contribution >= 0.6 is 0 Å². The second kappa shape index (κ2) is 3.13. The molecule has 2 N–H and O–H groups in total. The van der Waals surface area contributed by atoms with Crippen molar-refractivity contribution in [3.05, 3.63) is 31.1 Å². The molecule has 0 fully saturated rings. The Kier molecular flexibility index (Phi) is 2.77. The van der Waals surface area contributed by atoms with Crippen LogP contribution in [0.1, 0.15) is 6.42 Å². The summed E-state index contributed by atoms with van der Waals surface area (Å²) in [4.78, 5) is 0. The van der Waals surface area contributed by atoms with Crippen LogP contribution in [0.25, 0.3) is 0 Å². The fourth-order valence-corrected chi connectivity index (χ4v) is 0.236. The minimum atomic E-state index is -0.0415. The molecule has 0 bridgehead atoms. The van der Waals surface area contributed by atoms with Gasteiger partial charge in [-0.15, -0.1) is 0 Å². The number of aliphatic hydroxyl groups is 2. The SMILES string of the molecule is C=C(O)[CH]CC(=C)O. The molecule has 0 rings (SSSR count). The van der Waals surface area contributed by atoms with Gasteiger partial charge in [0.25, 0.3) is 0 Å². The van der Waals surface area contributed by atoms with E-state index in [9.17, 15) is 0 Å². The molecule has 8 heavy (non-hydrogen) atoms. The number of rotatable bonds is 3. The molecule has 0 aliphatic rings. The minimum Gasteiger partial charge on any atom is -0.513 e. The van der Waals surface area contributed by atoms with Gasteiger partial charge in [0.15, 0.2) is 0 Å². The fraction of sp³-hybridized carbons (Fsp3) is 0.167. The van der Waals surface area contributed by atoms with Crippen molar-refractivity contribution in [2.75, 3.05) is 0 Å². The molecule has 0 unspecified atom stereocenters. The van der Waals surface area contributed by atoms with Gasteiger partial charge in [0.05, 0.1) is 11.5 Å². The van der Waals surface area contributed by atoms with Gasteiger partial charge in [0, 0.05) is 12.8 Å². The second-order valence-electron chi connectivity index (χ2n) is 1.47. The second-order valence-corrected chi connectivity index (χ2v) is 1.47. The highest BCUT2D eigenvalue weighted by atomic mass is 16.3. The quantitative estimate of drug-likeness (QED) is 0.547. The van der Waals surface area contributed by atoms with Gasteiger partial charge in [0.1, 0.15) is 0 Å². The summed E-state index contributed by atoms with van der Waals surface area (Å²) >= 11 is 0. The highest BCUT2D eigenvalue weighted by Gasteiger charge is 1.90. The van der Waals surface area contributed by atoms with Crippen LogP contribution in [0, 0.1) is 6.42 Å². The number of hydrogen-bond donors (Lipinski definition) is 2. The van der Waals surface area contributed by atoms with E-state index >= 15 is 0 Å². The van der Waals surface area contributed by atoms with Gasteiger partial charge in [-0.3, -0.25) is 0 Å². The Morgan fingerprint density at radius 1 is 1.38 bits per heavy atom. The number of hydrogen-bond acceptors (Lipinski definition) is 2. The van der Waals surface area contributed by atoms with Gasteiger partial charge in [0.2, 0.25) is 0 Å². The molecule has 0 saturated carbocycles. The van der Waals surface area contributed by atoms with E-state index in [1.165, 1.54) is 6.42 Å². The normalized spacial score (nSPS) is 8.50. The van der Waals surface area contributed by atoms with Crippen molar-refractivity contribution in [1.82, 2.24) is 0 Å². The van der Waals surface area contributed by atoms with E-state index in [0.29, 0.717) is 0 Å². The predicted molar refractivity (Wildman–Crippen MR) is 32.5 cm³/mol. The van der Waals surface area contributed by atoms with Gasteiger partial charge in [-0.2, -0.15) is 0 Å². The molecule has 0 spiro atoms. The average Bonchev–Trinajstić information content (AvgIpc) is 1.61. The van der Waals surface area contributed by atoms with Crippen molar-refractivity contribution in [1.29, 1.82) is 0 Å². The topological polar surface area (TPSA) is 40.5 Å². The van der Waals surface area contributed by atoms with Crippen molar-refractivity contribution in [2.45, 2.75) is 6.42 Å². The standard InChI is InChI=1S/C6H9O2/c1-5(7)3-4-6(2)8/h3,7-8H,1-2,4H2. The molecule has 2 heteroatoms. The molecule has 0 amide bonds. The highest BCUT2D eigenvalue weighted by molar-refractivity contribution is 5.02. The van der Waals surface area contributed by atoms with Gasteiger partial charge in [-0.25, -0.2) is 0 Å². The van der Waals surface area contributed by atoms with E-state index in [4.69, 9.17) is 10.2 Å². The zero-order valence-electron chi connectivity index (χ0n) is 4.59. The molecule has 0 aliphatic carbocycles. The van der Waals surface area contributed by atoms with E-state index in [-0.39, 0.29) is 17.9 Å². The summed E-state index contributed by atoms with van der Waals surface area (Å²) in [5.41, 5.74) is 0. The molecule has 0 aliphatic heterocycles. The minimum absolute atomic E-state index is 0.0280. The zero-order chi connectivity index (χ0) is 6.57. The van der Waals surface area contributed by atoms with E-state index in [1.807, 2.05) is 0 Å². The summed E-state index contributed by atoms with van der Waals surface area (Å²) in [5, 5.41) is 16.8. The molecule has 0 aromatic heterocycles. The lowest BCUT2D eigenvalue weighted by molar-refractivity contribution is 0.383. The largest absolute Gasteiger partial charge is 0.513 e. The molecule has 0 aromatic rings. The van der Waals surface area contributed by atoms with Crippen LogP contribution in [-0.2, 0) is 0 Å². The Hall–Kier alpha value is -0.920. The van der Waals surface area contributed by atoms with E-state index < -0.39 is 0 Å². The highest BCUT2D eigenvalue weighted by Crippen LogP contribution is 2.00. The summed E-state index contributed by atoms with van der Waals surface area (Å²) in [5.74, 6) is -0.0135. The average molecular weight is 113 g/mol. The molecule has 0 heterocycles. The van der Waals surface area contributed by atoms with Gasteiger partial charge < -0.3 is 10.2 Å². The summed E-state index contributed by atoms with van der Waals surface area (Å²) in [6.07, 6.45) is 1.65. The third kappa shape index (κ3) is 5.08. The molecule has 1 radical (unpaired) electrons. The summed E-state index contributed by atoms with van der Waals surface area (Å²) in [6, 6.07) is 0. The van der Waals surface area contributed by atoms with E-state index in [0.717, 1.165) is 0 Å². The van der Waals surface area contributed by atoms with Crippen LogP contribution in [-0.4, -0.2) is 10.2 Å². The summed E-state index contributed by atoms with van der Waals surface area (Å²) in [7, 11) is 0. The molecule has 0 aromatic carbocycles. The first-order chi connectivity index (χ1) is 3.63. The van der Waals surface area contributed by atoms with E-state index in [2.05, 4.69) is 13.2 Å². The van der Waals surface area contributed by atoms with Gasteiger partial charge in [-0.05, 0) is 0 Å². The first-order valence-corrected chi connectivity index (χ1v) is 2.20. The van der Waals surface area contributed by atoms with E-state index in [1.54, 1.807) is 0 Å². The Labute approximate surface area is 48.8 Å². The molecule has 2 nitrogen and oxygen atoms in total. The zero-order valence-corrected chi connectivity index (χ0v) is 4.59. The fourth-order valence-electron chi connectivity index (χ4n) is 0.236. The van der Waals surface area contributed by atoms with Crippen molar-refractivity contribution in [2.24, 2.45) is 0 Å². The summed E-state index contributed by atoms with van der Waals surface area (Å²) in [6.45, 7) is 6.37. The van der Waals surface area contributed by atoms with Crippen LogP contribution in [0.4, 0.5) is 0 Å². The first kappa shape index (κ1) is 7.08. The molecule has 45 valence electrons. The molecular formula is C6H9O2. The van der Waals surface area contributed by atoms with Crippen molar-refractivity contribution < 1.29 is 10.2 Å². The lowest BCUT2D eigenvalue weighted by Crippen LogP contribution is -1.82. The molecule has 0 saturated heterocycles. The Morgan fingerprint density at radius 3 is 2.00 bits per heavy atom. The third-order valence-electron chi connectivity index (χ3n) is 0.573. The lowest BCUT2D eigenvalue weighted by Gasteiger charge is -1.93. The van der Waals surface area contributed by atoms with Crippen LogP contribution in [0.15, 0.2) is 24.7 Å². The van der Waals surface area contributed by atoms with Crippen LogP contribution in [0.2, 0.25) is 0 Å². The number of allylic oxidation sites excluding steroid dienone is 2.